The highest BCUT2D eigenvalue weighted by atomic mass is 16.5. The number of piperidine rings is 1. The summed E-state index contributed by atoms with van der Waals surface area (Å²) in [5, 5.41) is 0. The van der Waals surface area contributed by atoms with Crippen LogP contribution in [0.15, 0.2) is 24.3 Å². The van der Waals surface area contributed by atoms with E-state index in [1.165, 1.54) is 24.9 Å². The number of hydrogen-bond acceptors (Lipinski definition) is 3. The summed E-state index contributed by atoms with van der Waals surface area (Å²) >= 11 is 0. The first kappa shape index (κ1) is 13.1. The number of carbonyl (C=O) groups is 1. The van der Waals surface area contributed by atoms with E-state index in [1.807, 2.05) is 19.1 Å². The molecule has 1 aliphatic heterocycles. The summed E-state index contributed by atoms with van der Waals surface area (Å²) < 4.78 is 4.98. The molecule has 98 valence electrons. The second-order valence-corrected chi connectivity index (χ2v) is 4.94. The van der Waals surface area contributed by atoms with E-state index < -0.39 is 0 Å². The van der Waals surface area contributed by atoms with Gasteiger partial charge < -0.3 is 9.64 Å². The lowest BCUT2D eigenvalue weighted by molar-refractivity contribution is 0.0526. The smallest absolute Gasteiger partial charge is 0.338 e. The summed E-state index contributed by atoms with van der Waals surface area (Å²) in [6.45, 7) is 4.55. The van der Waals surface area contributed by atoms with Crippen LogP contribution in [0.5, 0.6) is 0 Å². The number of rotatable bonds is 3. The van der Waals surface area contributed by atoms with Crippen LogP contribution in [0.3, 0.4) is 0 Å². The SMILES string of the molecule is CCOC(=O)c1ccc([C@H]2CCCN(C)C2)cc1. The minimum absolute atomic E-state index is 0.232. The van der Waals surface area contributed by atoms with Crippen LogP contribution in [-0.2, 0) is 4.74 Å². The van der Waals surface area contributed by atoms with Crippen LogP contribution in [0.2, 0.25) is 0 Å². The van der Waals surface area contributed by atoms with E-state index in [-0.39, 0.29) is 5.97 Å². The van der Waals surface area contributed by atoms with Gasteiger partial charge in [0.1, 0.15) is 0 Å². The average molecular weight is 247 g/mol. The molecule has 0 aliphatic carbocycles. The molecule has 3 nitrogen and oxygen atoms in total. The molecule has 18 heavy (non-hydrogen) atoms. The summed E-state index contributed by atoms with van der Waals surface area (Å²) in [6.07, 6.45) is 2.49. The van der Waals surface area contributed by atoms with Crippen LogP contribution >= 0.6 is 0 Å². The molecule has 0 aromatic heterocycles. The van der Waals surface area contributed by atoms with E-state index in [0.29, 0.717) is 18.1 Å². The predicted molar refractivity (Wildman–Crippen MR) is 71.9 cm³/mol. The van der Waals surface area contributed by atoms with E-state index in [0.717, 1.165) is 6.54 Å². The highest BCUT2D eigenvalue weighted by Crippen LogP contribution is 2.26. The quantitative estimate of drug-likeness (QED) is 0.769. The minimum atomic E-state index is -0.232. The van der Waals surface area contributed by atoms with Gasteiger partial charge in [-0.05, 0) is 57.0 Å². The lowest BCUT2D eigenvalue weighted by Gasteiger charge is -2.30. The first-order chi connectivity index (χ1) is 8.70. The summed E-state index contributed by atoms with van der Waals surface area (Å²) in [6, 6.07) is 7.88. The maximum atomic E-state index is 11.6. The molecule has 0 spiro atoms. The zero-order valence-electron chi connectivity index (χ0n) is 11.2. The van der Waals surface area contributed by atoms with Crippen LogP contribution in [0.25, 0.3) is 0 Å². The molecule has 1 atom stereocenters. The number of likely N-dealkylation sites (N-methyl/N-ethyl adjacent to an activating group) is 1. The molecule has 1 aromatic rings. The standard InChI is InChI=1S/C15H21NO2/c1-3-18-15(17)13-8-6-12(7-9-13)14-5-4-10-16(2)11-14/h6-9,14H,3-5,10-11H2,1-2H3/t14-/m0/s1. The Bertz CT molecular complexity index is 399. The second-order valence-electron chi connectivity index (χ2n) is 4.94. The average Bonchev–Trinajstić information content (AvgIpc) is 2.39. The van der Waals surface area contributed by atoms with Crippen molar-refractivity contribution < 1.29 is 9.53 Å². The van der Waals surface area contributed by atoms with Gasteiger partial charge in [0.15, 0.2) is 0 Å². The fraction of sp³-hybridized carbons (Fsp3) is 0.533. The summed E-state index contributed by atoms with van der Waals surface area (Å²) in [4.78, 5) is 13.9. The van der Waals surface area contributed by atoms with Gasteiger partial charge in [0, 0.05) is 6.54 Å². The maximum Gasteiger partial charge on any atom is 0.338 e. The van der Waals surface area contributed by atoms with Crippen LogP contribution in [0.4, 0.5) is 0 Å². The molecule has 0 N–H and O–H groups in total. The summed E-state index contributed by atoms with van der Waals surface area (Å²) in [5.41, 5.74) is 1.97. The maximum absolute atomic E-state index is 11.6. The van der Waals surface area contributed by atoms with E-state index in [2.05, 4.69) is 24.1 Å². The van der Waals surface area contributed by atoms with E-state index >= 15 is 0 Å². The molecule has 0 unspecified atom stereocenters. The normalized spacial score (nSPS) is 20.7. The van der Waals surface area contributed by atoms with Gasteiger partial charge in [-0.25, -0.2) is 4.79 Å². The number of nitrogens with zero attached hydrogens (tertiary/aromatic N) is 1. The Labute approximate surface area is 109 Å². The zero-order chi connectivity index (χ0) is 13.0. The monoisotopic (exact) mass is 247 g/mol. The molecule has 3 heteroatoms. The Kier molecular flexibility index (Phi) is 4.37. The van der Waals surface area contributed by atoms with Crippen molar-refractivity contribution in [2.75, 3.05) is 26.7 Å². The topological polar surface area (TPSA) is 29.5 Å². The number of carbonyl (C=O) groups excluding carboxylic acids is 1. The fourth-order valence-corrected chi connectivity index (χ4v) is 2.54. The Morgan fingerprint density at radius 1 is 1.39 bits per heavy atom. The molecule has 2 rings (SSSR count). The predicted octanol–water partition coefficient (Wildman–Crippen LogP) is 2.67. The van der Waals surface area contributed by atoms with Crippen molar-refractivity contribution in [1.29, 1.82) is 0 Å². The number of likely N-dealkylation sites (tertiary alicyclic amines) is 1. The third-order valence-corrected chi connectivity index (χ3v) is 3.52. The highest BCUT2D eigenvalue weighted by molar-refractivity contribution is 5.89. The molecule has 0 amide bonds. The molecule has 0 bridgehead atoms. The van der Waals surface area contributed by atoms with E-state index in [1.54, 1.807) is 0 Å². The van der Waals surface area contributed by atoms with Crippen LogP contribution in [-0.4, -0.2) is 37.6 Å². The van der Waals surface area contributed by atoms with Crippen molar-refractivity contribution in [2.24, 2.45) is 0 Å². The zero-order valence-corrected chi connectivity index (χ0v) is 11.2. The Morgan fingerprint density at radius 3 is 2.72 bits per heavy atom. The third-order valence-electron chi connectivity index (χ3n) is 3.52. The van der Waals surface area contributed by atoms with Crippen molar-refractivity contribution in [3.63, 3.8) is 0 Å². The largest absolute Gasteiger partial charge is 0.462 e. The van der Waals surface area contributed by atoms with Gasteiger partial charge in [0.05, 0.1) is 12.2 Å². The second kappa shape index (κ2) is 6.01. The van der Waals surface area contributed by atoms with Gasteiger partial charge in [-0.2, -0.15) is 0 Å². The summed E-state index contributed by atoms with van der Waals surface area (Å²) in [7, 11) is 2.17. The number of hydrogen-bond donors (Lipinski definition) is 0. The van der Waals surface area contributed by atoms with Gasteiger partial charge in [0.25, 0.3) is 0 Å². The van der Waals surface area contributed by atoms with Crippen LogP contribution < -0.4 is 0 Å². The van der Waals surface area contributed by atoms with E-state index in [9.17, 15) is 4.79 Å². The molecule has 1 heterocycles. The molecule has 0 radical (unpaired) electrons. The summed E-state index contributed by atoms with van der Waals surface area (Å²) in [5.74, 6) is 0.366. The van der Waals surface area contributed by atoms with E-state index in [4.69, 9.17) is 4.74 Å². The molecule has 1 aliphatic rings. The molecule has 1 aromatic carbocycles. The first-order valence-corrected chi connectivity index (χ1v) is 6.66. The van der Waals surface area contributed by atoms with Gasteiger partial charge in [-0.15, -0.1) is 0 Å². The first-order valence-electron chi connectivity index (χ1n) is 6.66. The fourth-order valence-electron chi connectivity index (χ4n) is 2.54. The van der Waals surface area contributed by atoms with Gasteiger partial charge in [0.2, 0.25) is 0 Å². The third kappa shape index (κ3) is 3.10. The Balaban J connectivity index is 2.05. The number of esters is 1. The molecule has 0 saturated carbocycles. The van der Waals surface area contributed by atoms with Gasteiger partial charge >= 0.3 is 5.97 Å². The van der Waals surface area contributed by atoms with Crippen molar-refractivity contribution in [3.8, 4) is 0 Å². The molecule has 1 saturated heterocycles. The van der Waals surface area contributed by atoms with Crippen molar-refractivity contribution in [2.45, 2.75) is 25.7 Å². The number of ether oxygens (including phenoxy) is 1. The van der Waals surface area contributed by atoms with Crippen molar-refractivity contribution in [1.82, 2.24) is 4.90 Å². The Morgan fingerprint density at radius 2 is 2.11 bits per heavy atom. The lowest BCUT2D eigenvalue weighted by atomic mass is 9.90. The van der Waals surface area contributed by atoms with Crippen molar-refractivity contribution in [3.05, 3.63) is 35.4 Å². The Hall–Kier alpha value is -1.35. The highest BCUT2D eigenvalue weighted by Gasteiger charge is 2.19. The molecular weight excluding hydrogens is 226 g/mol. The minimum Gasteiger partial charge on any atom is -0.462 e. The van der Waals surface area contributed by atoms with Gasteiger partial charge in [-0.3, -0.25) is 0 Å². The number of benzene rings is 1. The van der Waals surface area contributed by atoms with Crippen LogP contribution in [0.1, 0.15) is 41.6 Å². The molecule has 1 fully saturated rings. The van der Waals surface area contributed by atoms with Crippen LogP contribution in [0, 0.1) is 0 Å². The lowest BCUT2D eigenvalue weighted by Crippen LogP contribution is -2.30. The van der Waals surface area contributed by atoms with Crippen molar-refractivity contribution >= 4 is 5.97 Å². The van der Waals surface area contributed by atoms with Gasteiger partial charge in [-0.1, -0.05) is 12.1 Å². The molecular formula is C15H21NO2.